The molecule has 0 saturated carbocycles. The summed E-state index contributed by atoms with van der Waals surface area (Å²) in [5.74, 6) is -0.708. The number of anilines is 2. The summed E-state index contributed by atoms with van der Waals surface area (Å²) in [6.45, 7) is 10.3. The Morgan fingerprint density at radius 2 is 1.60 bits per heavy atom. The van der Waals surface area contributed by atoms with E-state index in [1.54, 1.807) is 29.2 Å². The zero-order chi connectivity index (χ0) is 22.0. The maximum atomic E-state index is 12.6. The topological polar surface area (TPSA) is 78.5 Å². The molecule has 0 aliphatic carbocycles. The van der Waals surface area contributed by atoms with Crippen LogP contribution in [0, 0.1) is 26.7 Å². The van der Waals surface area contributed by atoms with Gasteiger partial charge in [-0.25, -0.2) is 0 Å². The Balaban J connectivity index is 1.63. The summed E-state index contributed by atoms with van der Waals surface area (Å²) in [6, 6.07) is 10.9. The van der Waals surface area contributed by atoms with Gasteiger partial charge in [0.15, 0.2) is 0 Å². The van der Waals surface area contributed by atoms with E-state index in [1.807, 2.05) is 46.8 Å². The lowest BCUT2D eigenvalue weighted by atomic mass is 10.0. The minimum absolute atomic E-state index is 0.0128. The van der Waals surface area contributed by atoms with E-state index >= 15 is 0 Å². The molecule has 6 nitrogen and oxygen atoms in total. The van der Waals surface area contributed by atoms with Crippen LogP contribution in [0.25, 0.3) is 0 Å². The Hall–Kier alpha value is -3.15. The van der Waals surface area contributed by atoms with Crippen molar-refractivity contribution in [1.82, 2.24) is 4.90 Å². The summed E-state index contributed by atoms with van der Waals surface area (Å²) in [5, 5.41) is 5.83. The lowest BCUT2D eigenvalue weighted by Gasteiger charge is -2.20. The van der Waals surface area contributed by atoms with Crippen LogP contribution in [0.4, 0.5) is 11.4 Å². The third kappa shape index (κ3) is 4.70. The van der Waals surface area contributed by atoms with Crippen LogP contribution >= 0.6 is 0 Å². The second-order valence-corrected chi connectivity index (χ2v) is 8.34. The van der Waals surface area contributed by atoms with Crippen LogP contribution in [0.5, 0.6) is 0 Å². The molecule has 0 spiro atoms. The van der Waals surface area contributed by atoms with Gasteiger partial charge in [-0.15, -0.1) is 0 Å². The van der Waals surface area contributed by atoms with Crippen molar-refractivity contribution in [1.29, 1.82) is 0 Å². The number of aryl methyl sites for hydroxylation is 3. The van der Waals surface area contributed by atoms with Crippen molar-refractivity contribution in [3.05, 3.63) is 58.7 Å². The Kier molecular flexibility index (Phi) is 6.25. The molecule has 1 saturated heterocycles. The largest absolute Gasteiger partial charge is 0.339 e. The predicted octanol–water partition coefficient (Wildman–Crippen LogP) is 4.06. The molecule has 2 N–H and O–H groups in total. The lowest BCUT2D eigenvalue weighted by molar-refractivity contribution is -0.129. The maximum absolute atomic E-state index is 12.6. The number of rotatable bonds is 5. The summed E-state index contributed by atoms with van der Waals surface area (Å²) in [7, 11) is 0. The molecule has 0 aromatic heterocycles. The zero-order valence-electron chi connectivity index (χ0n) is 18.2. The fourth-order valence-corrected chi connectivity index (χ4v) is 3.92. The van der Waals surface area contributed by atoms with Crippen molar-refractivity contribution in [3.63, 3.8) is 0 Å². The molecular weight excluding hydrogens is 378 g/mol. The quantitative estimate of drug-likeness (QED) is 0.785. The summed E-state index contributed by atoms with van der Waals surface area (Å²) < 4.78 is 0. The number of nitrogens with one attached hydrogen (secondary N) is 2. The highest BCUT2D eigenvalue weighted by Gasteiger charge is 2.35. The molecule has 2 aromatic carbocycles. The van der Waals surface area contributed by atoms with E-state index in [0.717, 1.165) is 22.4 Å². The van der Waals surface area contributed by atoms with Crippen LogP contribution in [-0.4, -0.2) is 35.2 Å². The van der Waals surface area contributed by atoms with Gasteiger partial charge in [-0.05, 0) is 70.0 Å². The highest BCUT2D eigenvalue weighted by molar-refractivity contribution is 6.05. The smallest absolute Gasteiger partial charge is 0.255 e. The van der Waals surface area contributed by atoms with Crippen molar-refractivity contribution < 1.29 is 14.4 Å². The molecule has 1 aliphatic rings. The highest BCUT2D eigenvalue weighted by atomic mass is 16.2. The Labute approximate surface area is 177 Å². The SMILES string of the molecule is Cc1cc(C)c(NC(=O)c2ccc(NC(=O)C3CC(=O)N(C(C)C)C3)cc2)c(C)c1. The first-order valence-corrected chi connectivity index (χ1v) is 10.2. The van der Waals surface area contributed by atoms with E-state index in [0.29, 0.717) is 17.8 Å². The average molecular weight is 408 g/mol. The van der Waals surface area contributed by atoms with E-state index in [-0.39, 0.29) is 36.1 Å². The Morgan fingerprint density at radius 3 is 2.13 bits per heavy atom. The molecule has 1 aliphatic heterocycles. The third-order valence-corrected chi connectivity index (χ3v) is 5.48. The molecular formula is C24H29N3O3. The van der Waals surface area contributed by atoms with Gasteiger partial charge in [0, 0.05) is 35.9 Å². The standard InChI is InChI=1S/C24H29N3O3/c1-14(2)27-13-19(12-21(27)28)24(30)25-20-8-6-18(7-9-20)23(29)26-22-16(4)10-15(3)11-17(22)5/h6-11,14,19H,12-13H2,1-5H3,(H,25,30)(H,26,29). The number of amides is 3. The van der Waals surface area contributed by atoms with Gasteiger partial charge in [-0.2, -0.15) is 0 Å². The van der Waals surface area contributed by atoms with E-state index in [2.05, 4.69) is 10.6 Å². The van der Waals surface area contributed by atoms with Crippen molar-refractivity contribution in [2.45, 2.75) is 47.1 Å². The minimum atomic E-state index is -0.352. The molecule has 6 heteroatoms. The molecule has 30 heavy (non-hydrogen) atoms. The van der Waals surface area contributed by atoms with Gasteiger partial charge in [-0.1, -0.05) is 17.7 Å². The number of hydrogen-bond donors (Lipinski definition) is 2. The van der Waals surface area contributed by atoms with Crippen LogP contribution in [-0.2, 0) is 9.59 Å². The molecule has 3 amide bonds. The van der Waals surface area contributed by atoms with Crippen LogP contribution < -0.4 is 10.6 Å². The summed E-state index contributed by atoms with van der Waals surface area (Å²) >= 11 is 0. The molecule has 1 heterocycles. The monoisotopic (exact) mass is 407 g/mol. The number of likely N-dealkylation sites (tertiary alicyclic amines) is 1. The third-order valence-electron chi connectivity index (χ3n) is 5.48. The fourth-order valence-electron chi connectivity index (χ4n) is 3.92. The number of carbonyl (C=O) groups excluding carboxylic acids is 3. The number of nitrogens with zero attached hydrogens (tertiary/aromatic N) is 1. The zero-order valence-corrected chi connectivity index (χ0v) is 18.2. The molecule has 2 aromatic rings. The first kappa shape index (κ1) is 21.6. The van der Waals surface area contributed by atoms with Gasteiger partial charge in [0.2, 0.25) is 11.8 Å². The second-order valence-electron chi connectivity index (χ2n) is 8.34. The molecule has 1 atom stereocenters. The Morgan fingerprint density at radius 1 is 1.00 bits per heavy atom. The maximum Gasteiger partial charge on any atom is 0.255 e. The van der Waals surface area contributed by atoms with Crippen molar-refractivity contribution in [2.24, 2.45) is 5.92 Å². The first-order chi connectivity index (χ1) is 14.2. The van der Waals surface area contributed by atoms with E-state index in [9.17, 15) is 14.4 Å². The minimum Gasteiger partial charge on any atom is -0.339 e. The van der Waals surface area contributed by atoms with E-state index in [4.69, 9.17) is 0 Å². The number of hydrogen-bond acceptors (Lipinski definition) is 3. The first-order valence-electron chi connectivity index (χ1n) is 10.2. The lowest BCUT2D eigenvalue weighted by Crippen LogP contribution is -2.33. The average Bonchev–Trinajstić information content (AvgIpc) is 3.07. The molecule has 1 fully saturated rings. The summed E-state index contributed by atoms with van der Waals surface area (Å²) in [6.07, 6.45) is 0.236. The highest BCUT2D eigenvalue weighted by Crippen LogP contribution is 2.24. The van der Waals surface area contributed by atoms with Crippen LogP contribution in [0.15, 0.2) is 36.4 Å². The number of benzene rings is 2. The predicted molar refractivity (Wildman–Crippen MR) is 119 cm³/mol. The van der Waals surface area contributed by atoms with Crippen molar-refractivity contribution >= 4 is 29.1 Å². The summed E-state index contributed by atoms with van der Waals surface area (Å²) in [5.41, 5.74) is 5.13. The van der Waals surface area contributed by atoms with Crippen LogP contribution in [0.1, 0.15) is 47.3 Å². The van der Waals surface area contributed by atoms with Crippen LogP contribution in [0.2, 0.25) is 0 Å². The van der Waals surface area contributed by atoms with Gasteiger partial charge in [-0.3, -0.25) is 14.4 Å². The fraction of sp³-hybridized carbons (Fsp3) is 0.375. The van der Waals surface area contributed by atoms with Gasteiger partial charge in [0.25, 0.3) is 5.91 Å². The molecule has 0 bridgehead atoms. The van der Waals surface area contributed by atoms with E-state index in [1.165, 1.54) is 0 Å². The van der Waals surface area contributed by atoms with Gasteiger partial charge in [0.05, 0.1) is 5.92 Å². The van der Waals surface area contributed by atoms with Crippen molar-refractivity contribution in [2.75, 3.05) is 17.2 Å². The van der Waals surface area contributed by atoms with Gasteiger partial charge in [0.1, 0.15) is 0 Å². The molecule has 1 unspecified atom stereocenters. The van der Waals surface area contributed by atoms with Gasteiger partial charge < -0.3 is 15.5 Å². The summed E-state index contributed by atoms with van der Waals surface area (Å²) in [4.78, 5) is 38.9. The Bertz CT molecular complexity index is 957. The van der Waals surface area contributed by atoms with Crippen LogP contribution in [0.3, 0.4) is 0 Å². The van der Waals surface area contributed by atoms with Crippen molar-refractivity contribution in [3.8, 4) is 0 Å². The molecule has 3 rings (SSSR count). The molecule has 0 radical (unpaired) electrons. The molecule has 158 valence electrons. The van der Waals surface area contributed by atoms with Gasteiger partial charge >= 0.3 is 0 Å². The number of carbonyl (C=O) groups is 3. The second kappa shape index (κ2) is 8.69. The van der Waals surface area contributed by atoms with E-state index < -0.39 is 0 Å². The normalized spacial score (nSPS) is 16.1.